The van der Waals surface area contributed by atoms with E-state index in [2.05, 4.69) is 23.0 Å². The summed E-state index contributed by atoms with van der Waals surface area (Å²) in [6, 6.07) is 25.4. The van der Waals surface area contributed by atoms with Gasteiger partial charge in [-0.15, -0.1) is 17.5 Å². The SMILES string of the molecule is CCC(CC)C(=O)/C=C(\O)C(CC)CC.[C-]#[N+]c1ccc2oc3c4ccccc4[c-]c(-c4nc5ccccc5s4)c3c2c1.[Ir]. The molecule has 2 aromatic heterocycles. The molecule has 5 nitrogen and oxygen atoms in total. The Hall–Kier alpha value is -3.82. The summed E-state index contributed by atoms with van der Waals surface area (Å²) in [7, 11) is 0. The minimum atomic E-state index is 0. The molecule has 1 N–H and O–H groups in total. The van der Waals surface area contributed by atoms with Crippen molar-refractivity contribution in [2.24, 2.45) is 11.8 Å². The van der Waals surface area contributed by atoms with Crippen molar-refractivity contribution in [1.82, 2.24) is 4.98 Å². The van der Waals surface area contributed by atoms with E-state index in [9.17, 15) is 9.90 Å². The Kier molecular flexibility index (Phi) is 11.1. The van der Waals surface area contributed by atoms with Crippen LogP contribution in [0.3, 0.4) is 0 Å². The average Bonchev–Trinajstić information content (AvgIpc) is 3.64. The molecule has 6 aromatic rings. The smallest absolute Gasteiger partial charge is 0.187 e. The summed E-state index contributed by atoms with van der Waals surface area (Å²) in [5, 5.41) is 14.6. The molecule has 4 aromatic carbocycles. The molecule has 0 amide bonds. The van der Waals surface area contributed by atoms with E-state index in [1.165, 1.54) is 6.08 Å². The van der Waals surface area contributed by atoms with Gasteiger partial charge in [0.2, 0.25) is 0 Å². The molecule has 0 aliphatic heterocycles. The molecule has 0 unspecified atom stereocenters. The van der Waals surface area contributed by atoms with Gasteiger partial charge in [-0.05, 0) is 60.0 Å². The maximum absolute atomic E-state index is 11.7. The zero-order valence-corrected chi connectivity index (χ0v) is 28.5. The number of rotatable bonds is 8. The van der Waals surface area contributed by atoms with Crippen molar-refractivity contribution in [3.8, 4) is 10.6 Å². The minimum absolute atomic E-state index is 0. The first kappa shape index (κ1) is 33.1. The predicted molar refractivity (Wildman–Crippen MR) is 179 cm³/mol. The molecular weight excluding hydrogens is 745 g/mol. The summed E-state index contributed by atoms with van der Waals surface area (Å²) in [6.07, 6.45) is 4.91. The molecule has 0 fully saturated rings. The standard InChI is InChI=1S/C24H11N2OS.C13H24O2.Ir/c1-25-15-10-11-20-17(13-15)22-18(24-26-19-8-4-5-9-21(19)28-24)12-14-6-2-3-7-16(14)23(22)27-20;1-5-10(6-2)12(14)9-13(15)11(7-3)8-4;/h2-11,13H;9-11,14H,5-8H2,1-4H3;/q-1;;/b;12-9-;. The maximum Gasteiger partial charge on any atom is 0.187 e. The van der Waals surface area contributed by atoms with E-state index in [0.717, 1.165) is 79.2 Å². The van der Waals surface area contributed by atoms with Crippen molar-refractivity contribution in [2.75, 3.05) is 0 Å². The number of hydrogen-bond donors (Lipinski definition) is 1. The molecule has 0 bridgehead atoms. The van der Waals surface area contributed by atoms with Gasteiger partial charge < -0.3 is 9.52 Å². The Balaban J connectivity index is 0.000000239. The zero-order chi connectivity index (χ0) is 30.5. The van der Waals surface area contributed by atoms with Crippen LogP contribution < -0.4 is 0 Å². The van der Waals surface area contributed by atoms with Crippen LogP contribution in [0, 0.1) is 24.5 Å². The number of allylic oxidation sites excluding steroid dienone is 2. The van der Waals surface area contributed by atoms with E-state index < -0.39 is 0 Å². The Morgan fingerprint density at radius 2 is 1.66 bits per heavy atom. The van der Waals surface area contributed by atoms with Crippen LogP contribution in [0.25, 0.3) is 58.3 Å². The molecule has 0 atom stereocenters. The largest absolute Gasteiger partial charge is 0.512 e. The number of aliphatic hydroxyl groups excluding tert-OH is 1. The number of ketones is 1. The second-order valence-electron chi connectivity index (χ2n) is 10.6. The van der Waals surface area contributed by atoms with Crippen LogP contribution in [0.5, 0.6) is 0 Å². The normalized spacial score (nSPS) is 11.6. The number of hydrogen-bond acceptors (Lipinski definition) is 5. The molecule has 0 spiro atoms. The molecule has 0 saturated heterocycles. The summed E-state index contributed by atoms with van der Waals surface area (Å²) < 4.78 is 7.40. The second kappa shape index (κ2) is 14.8. The fraction of sp³-hybridized carbons (Fsp3) is 0.270. The fourth-order valence-electron chi connectivity index (χ4n) is 5.50. The van der Waals surface area contributed by atoms with Gasteiger partial charge >= 0.3 is 0 Å². The van der Waals surface area contributed by atoms with Crippen LogP contribution in [0.2, 0.25) is 0 Å². The van der Waals surface area contributed by atoms with Crippen LogP contribution in [0.1, 0.15) is 53.4 Å². The van der Waals surface area contributed by atoms with Gasteiger partial charge in [0.05, 0.1) is 28.4 Å². The maximum atomic E-state index is 11.7. The first-order valence-electron chi connectivity index (χ1n) is 14.9. The van der Waals surface area contributed by atoms with E-state index in [1.807, 2.05) is 76.2 Å². The Morgan fingerprint density at radius 1 is 0.977 bits per heavy atom. The zero-order valence-electron chi connectivity index (χ0n) is 25.3. The minimum Gasteiger partial charge on any atom is -0.512 e. The summed E-state index contributed by atoms with van der Waals surface area (Å²) in [6.45, 7) is 15.4. The number of nitrogens with zero attached hydrogens (tertiary/aromatic N) is 2. The molecule has 0 aliphatic carbocycles. The number of para-hydroxylation sites is 1. The monoisotopic (exact) mass is 780 g/mol. The third-order valence-corrected chi connectivity index (χ3v) is 9.13. The van der Waals surface area contributed by atoms with Crippen LogP contribution in [-0.2, 0) is 24.9 Å². The van der Waals surface area contributed by atoms with E-state index in [1.54, 1.807) is 17.4 Å². The van der Waals surface area contributed by atoms with Crippen molar-refractivity contribution in [2.45, 2.75) is 53.4 Å². The summed E-state index contributed by atoms with van der Waals surface area (Å²) in [5.74, 6) is 0.547. The average molecular weight is 780 g/mol. The topological polar surface area (TPSA) is 67.7 Å². The quantitative estimate of drug-likeness (QED) is 0.0949. The number of thiazole rings is 1. The van der Waals surface area contributed by atoms with Crippen molar-refractivity contribution >= 4 is 65.7 Å². The second-order valence-corrected chi connectivity index (χ2v) is 11.7. The molecule has 2 heterocycles. The number of carbonyl (C=O) groups is 1. The molecule has 6 rings (SSSR count). The van der Waals surface area contributed by atoms with Gasteiger partial charge in [-0.2, -0.15) is 11.3 Å². The number of fused-ring (bicyclic) bond motifs is 6. The molecule has 0 saturated carbocycles. The molecule has 1 radical (unpaired) electrons. The Morgan fingerprint density at radius 3 is 2.34 bits per heavy atom. The molecular formula is C37H35IrN2O3S-. The third kappa shape index (κ3) is 6.64. The van der Waals surface area contributed by atoms with Crippen LogP contribution >= 0.6 is 11.3 Å². The van der Waals surface area contributed by atoms with Gasteiger partial charge in [0.25, 0.3) is 0 Å². The van der Waals surface area contributed by atoms with E-state index in [0.29, 0.717) is 5.69 Å². The van der Waals surface area contributed by atoms with Crippen molar-refractivity contribution in [1.29, 1.82) is 0 Å². The van der Waals surface area contributed by atoms with E-state index in [4.69, 9.17) is 16.0 Å². The third-order valence-electron chi connectivity index (χ3n) is 8.07. The van der Waals surface area contributed by atoms with E-state index >= 15 is 0 Å². The van der Waals surface area contributed by atoms with Gasteiger partial charge in [-0.25, -0.2) is 4.85 Å². The summed E-state index contributed by atoms with van der Waals surface area (Å²) >= 11 is 1.65. The number of carbonyl (C=O) groups excluding carboxylic acids is 1. The number of benzene rings is 4. The van der Waals surface area contributed by atoms with Gasteiger partial charge in [0, 0.05) is 42.7 Å². The van der Waals surface area contributed by atoms with Crippen LogP contribution in [-0.4, -0.2) is 15.9 Å². The molecule has 0 aliphatic rings. The first-order valence-corrected chi connectivity index (χ1v) is 15.7. The van der Waals surface area contributed by atoms with Gasteiger partial charge in [-0.1, -0.05) is 75.7 Å². The Bertz CT molecular complexity index is 1960. The van der Waals surface area contributed by atoms with Gasteiger partial charge in [-0.3, -0.25) is 9.78 Å². The molecule has 227 valence electrons. The molecule has 44 heavy (non-hydrogen) atoms. The van der Waals surface area contributed by atoms with Crippen molar-refractivity contribution in [3.63, 3.8) is 0 Å². The number of aromatic nitrogens is 1. The van der Waals surface area contributed by atoms with Gasteiger partial charge in [0.1, 0.15) is 5.58 Å². The summed E-state index contributed by atoms with van der Waals surface area (Å²) in [5.41, 5.74) is 4.09. The Labute approximate surface area is 275 Å². The molecule has 7 heteroatoms. The number of furan rings is 1. The van der Waals surface area contributed by atoms with Crippen LogP contribution in [0.15, 0.2) is 83.0 Å². The fourth-order valence-corrected chi connectivity index (χ4v) is 6.47. The predicted octanol–water partition coefficient (Wildman–Crippen LogP) is 11.2. The van der Waals surface area contributed by atoms with Crippen LogP contribution in [0.4, 0.5) is 5.69 Å². The summed E-state index contributed by atoms with van der Waals surface area (Å²) in [4.78, 5) is 20.2. The number of aliphatic hydroxyl groups is 1. The van der Waals surface area contributed by atoms with Crippen molar-refractivity contribution in [3.05, 3.63) is 96.0 Å². The van der Waals surface area contributed by atoms with Gasteiger partial charge in [0.15, 0.2) is 11.5 Å². The van der Waals surface area contributed by atoms with Crippen molar-refractivity contribution < 1.29 is 34.4 Å². The van der Waals surface area contributed by atoms with E-state index in [-0.39, 0.29) is 43.5 Å². The first-order chi connectivity index (χ1) is 20.9.